The van der Waals surface area contributed by atoms with Gasteiger partial charge in [-0.2, -0.15) is 21.0 Å². The highest BCUT2D eigenvalue weighted by molar-refractivity contribution is 6.05. The van der Waals surface area contributed by atoms with E-state index < -0.39 is 0 Å². The van der Waals surface area contributed by atoms with Crippen LogP contribution in [0.5, 0.6) is 0 Å². The van der Waals surface area contributed by atoms with Gasteiger partial charge in [0.1, 0.15) is 35.5 Å². The molecule has 0 saturated carbocycles. The lowest BCUT2D eigenvalue weighted by Gasteiger charge is -1.94. The fourth-order valence-electron chi connectivity index (χ4n) is 3.67. The van der Waals surface area contributed by atoms with Crippen LogP contribution in [-0.4, -0.2) is 19.9 Å². The average molecular weight is 410 g/mol. The van der Waals surface area contributed by atoms with Gasteiger partial charge in [-0.25, -0.2) is 9.97 Å². The largest absolute Gasteiger partial charge is 0.355 e. The third kappa shape index (κ3) is 2.90. The SMILES string of the molecule is N#CC1=C(C#N)c2nc1cc1nc(cc3ccc(cc4cc(C#N)c([nH]4)c2C#N)[nH]3)C=C1. The van der Waals surface area contributed by atoms with Crippen molar-refractivity contribution in [2.75, 3.05) is 0 Å². The number of aromatic nitrogens is 4. The number of aromatic amines is 2. The molecule has 3 aromatic heterocycles. The van der Waals surface area contributed by atoms with Gasteiger partial charge in [-0.05, 0) is 48.6 Å². The van der Waals surface area contributed by atoms with Crippen molar-refractivity contribution in [1.82, 2.24) is 19.9 Å². The smallest absolute Gasteiger partial charge is 0.104 e. The molecular weight excluding hydrogens is 400 g/mol. The lowest BCUT2D eigenvalue weighted by Crippen LogP contribution is -1.89. The molecular formula is C24H10N8. The van der Waals surface area contributed by atoms with E-state index in [9.17, 15) is 21.0 Å². The lowest BCUT2D eigenvalue weighted by atomic mass is 10.0. The molecule has 2 aliphatic heterocycles. The number of allylic oxidation sites excluding steroid dienone is 2. The second-order valence-corrected chi connectivity index (χ2v) is 7.03. The molecule has 32 heavy (non-hydrogen) atoms. The normalized spacial score (nSPS) is 12.0. The molecule has 0 unspecified atom stereocenters. The third-order valence-electron chi connectivity index (χ3n) is 5.07. The highest BCUT2D eigenvalue weighted by atomic mass is 14.8. The van der Waals surface area contributed by atoms with Gasteiger partial charge < -0.3 is 9.97 Å². The number of fused-ring (bicyclic) bond motifs is 8. The van der Waals surface area contributed by atoms with Gasteiger partial charge in [0, 0.05) is 16.6 Å². The number of rotatable bonds is 0. The van der Waals surface area contributed by atoms with Crippen molar-refractivity contribution in [1.29, 1.82) is 21.0 Å². The zero-order valence-electron chi connectivity index (χ0n) is 16.3. The summed E-state index contributed by atoms with van der Waals surface area (Å²) in [5.41, 5.74) is 4.29. The highest BCUT2D eigenvalue weighted by Crippen LogP contribution is 2.32. The molecule has 0 aromatic carbocycles. The van der Waals surface area contributed by atoms with Crippen LogP contribution in [0.15, 0.2) is 36.4 Å². The summed E-state index contributed by atoms with van der Waals surface area (Å²) in [6.45, 7) is 0. The van der Waals surface area contributed by atoms with Crippen molar-refractivity contribution in [3.63, 3.8) is 0 Å². The van der Waals surface area contributed by atoms with Crippen LogP contribution in [0.4, 0.5) is 0 Å². The van der Waals surface area contributed by atoms with Gasteiger partial charge >= 0.3 is 0 Å². The van der Waals surface area contributed by atoms with Crippen molar-refractivity contribution in [3.8, 4) is 24.3 Å². The molecule has 0 atom stereocenters. The molecule has 5 rings (SSSR count). The second kappa shape index (κ2) is 7.11. The first-order valence-corrected chi connectivity index (χ1v) is 9.42. The summed E-state index contributed by atoms with van der Waals surface area (Å²) < 4.78 is 0. The van der Waals surface area contributed by atoms with E-state index in [-0.39, 0.29) is 39.2 Å². The number of nitriles is 4. The van der Waals surface area contributed by atoms with E-state index in [0.29, 0.717) is 16.9 Å². The number of nitrogens with zero attached hydrogens (tertiary/aromatic N) is 6. The van der Waals surface area contributed by atoms with Crippen molar-refractivity contribution >= 4 is 45.4 Å². The molecule has 8 heteroatoms. The van der Waals surface area contributed by atoms with Crippen LogP contribution in [0, 0.1) is 45.3 Å². The van der Waals surface area contributed by atoms with Crippen molar-refractivity contribution in [2.45, 2.75) is 0 Å². The summed E-state index contributed by atoms with van der Waals surface area (Å²) in [5, 5.41) is 39.0. The first kappa shape index (κ1) is 18.6. The van der Waals surface area contributed by atoms with Gasteiger partial charge in [0.05, 0.1) is 39.3 Å². The Balaban J connectivity index is 2.02. The van der Waals surface area contributed by atoms with Gasteiger partial charge in [-0.3, -0.25) is 0 Å². The van der Waals surface area contributed by atoms with E-state index in [1.807, 2.05) is 36.4 Å². The molecule has 2 aliphatic rings. The van der Waals surface area contributed by atoms with Crippen LogP contribution in [0.3, 0.4) is 0 Å². The Hall–Kier alpha value is -5.44. The summed E-state index contributed by atoms with van der Waals surface area (Å²) in [6, 6.07) is 18.8. The summed E-state index contributed by atoms with van der Waals surface area (Å²) in [5.74, 6) is 0. The predicted octanol–water partition coefficient (Wildman–Crippen LogP) is 4.19. The molecule has 8 nitrogen and oxygen atoms in total. The van der Waals surface area contributed by atoms with E-state index >= 15 is 0 Å². The topological polar surface area (TPSA) is 153 Å². The molecule has 0 fully saturated rings. The maximum atomic E-state index is 9.92. The van der Waals surface area contributed by atoms with Crippen LogP contribution in [0.25, 0.3) is 45.4 Å². The monoisotopic (exact) mass is 410 g/mol. The van der Waals surface area contributed by atoms with Gasteiger partial charge in [0.15, 0.2) is 0 Å². The van der Waals surface area contributed by atoms with E-state index in [1.165, 1.54) is 0 Å². The molecule has 3 aromatic rings. The molecule has 0 spiro atoms. The van der Waals surface area contributed by atoms with E-state index in [0.717, 1.165) is 11.0 Å². The van der Waals surface area contributed by atoms with E-state index in [1.54, 1.807) is 24.3 Å². The Morgan fingerprint density at radius 1 is 0.656 bits per heavy atom. The summed E-state index contributed by atoms with van der Waals surface area (Å²) in [4.78, 5) is 15.3. The number of hydrogen-bond donors (Lipinski definition) is 2. The maximum Gasteiger partial charge on any atom is 0.104 e. The molecule has 2 N–H and O–H groups in total. The summed E-state index contributed by atoms with van der Waals surface area (Å²) >= 11 is 0. The zero-order chi connectivity index (χ0) is 22.2. The Labute approximate surface area is 181 Å². The van der Waals surface area contributed by atoms with Gasteiger partial charge in [0.25, 0.3) is 0 Å². The van der Waals surface area contributed by atoms with Crippen molar-refractivity contribution in [2.24, 2.45) is 0 Å². The fourth-order valence-corrected chi connectivity index (χ4v) is 3.67. The van der Waals surface area contributed by atoms with Gasteiger partial charge in [-0.1, -0.05) is 0 Å². The zero-order valence-corrected chi connectivity index (χ0v) is 16.3. The fraction of sp³-hybridized carbons (Fsp3) is 0. The first-order valence-electron chi connectivity index (χ1n) is 9.42. The molecule has 5 heterocycles. The maximum absolute atomic E-state index is 9.92. The molecule has 0 radical (unpaired) electrons. The van der Waals surface area contributed by atoms with Crippen molar-refractivity contribution < 1.29 is 0 Å². The van der Waals surface area contributed by atoms with Gasteiger partial charge in [0.2, 0.25) is 0 Å². The van der Waals surface area contributed by atoms with Crippen molar-refractivity contribution in [3.05, 3.63) is 70.3 Å². The highest BCUT2D eigenvalue weighted by Gasteiger charge is 2.24. The van der Waals surface area contributed by atoms with Crippen LogP contribution in [0.1, 0.15) is 33.9 Å². The predicted molar refractivity (Wildman–Crippen MR) is 117 cm³/mol. The molecule has 0 aliphatic carbocycles. The van der Waals surface area contributed by atoms with Crippen LogP contribution in [0.2, 0.25) is 0 Å². The minimum absolute atomic E-state index is 0.0117. The lowest BCUT2D eigenvalue weighted by molar-refractivity contribution is 1.26. The minimum Gasteiger partial charge on any atom is -0.355 e. The summed E-state index contributed by atoms with van der Waals surface area (Å²) in [6.07, 6.45) is 3.61. The second-order valence-electron chi connectivity index (χ2n) is 7.03. The Morgan fingerprint density at radius 2 is 1.38 bits per heavy atom. The average Bonchev–Trinajstić information content (AvgIpc) is 3.56. The standard InChI is InChI=1S/C24H10N8/c25-9-13-5-18-7-16-2-1-14(29-16)6-15-3-4-17(30-15)8-22-19(10-26)20(11-27)24(32-22)21(12-28)23(13)31-18/h1-8,29,31H. The molecule has 0 amide bonds. The van der Waals surface area contributed by atoms with Crippen LogP contribution >= 0.6 is 0 Å². The van der Waals surface area contributed by atoms with E-state index in [2.05, 4.69) is 32.1 Å². The van der Waals surface area contributed by atoms with Crippen LogP contribution in [-0.2, 0) is 0 Å². The quantitative estimate of drug-likeness (QED) is 0.443. The number of H-pyrrole nitrogens is 2. The molecule has 146 valence electrons. The summed E-state index contributed by atoms with van der Waals surface area (Å²) in [7, 11) is 0. The molecule has 8 bridgehead atoms. The first-order chi connectivity index (χ1) is 15.6. The number of nitrogens with one attached hydrogen (secondary N) is 2. The van der Waals surface area contributed by atoms with Gasteiger partial charge in [-0.15, -0.1) is 0 Å². The van der Waals surface area contributed by atoms with Crippen LogP contribution < -0.4 is 0 Å². The Bertz CT molecular complexity index is 1720. The Kier molecular flexibility index (Phi) is 4.13. The Morgan fingerprint density at radius 3 is 2.06 bits per heavy atom. The third-order valence-corrected chi connectivity index (χ3v) is 5.07. The minimum atomic E-state index is -0.0180. The number of hydrogen-bond acceptors (Lipinski definition) is 6. The molecule has 0 saturated heterocycles. The van der Waals surface area contributed by atoms with E-state index in [4.69, 9.17) is 0 Å².